The Balaban J connectivity index is 0.00000240. The van der Waals surface area contributed by atoms with Crippen LogP contribution >= 0.6 is 12.4 Å². The Bertz CT molecular complexity index is 924. The maximum Gasteiger partial charge on any atom is 0.137 e. The zero-order valence-electron chi connectivity index (χ0n) is 16.8. The molecule has 0 spiro atoms. The fraction of sp³-hybridized carbons (Fsp3) is 0.348. The van der Waals surface area contributed by atoms with Crippen LogP contribution in [0.3, 0.4) is 0 Å². The lowest BCUT2D eigenvalue weighted by atomic mass is 10.1. The first-order valence-corrected chi connectivity index (χ1v) is 10.1. The normalized spacial score (nSPS) is 14.6. The van der Waals surface area contributed by atoms with Crippen LogP contribution in [0.2, 0.25) is 0 Å². The quantitative estimate of drug-likeness (QED) is 0.643. The summed E-state index contributed by atoms with van der Waals surface area (Å²) >= 11 is 0. The van der Waals surface area contributed by atoms with E-state index in [0.717, 1.165) is 55.5 Å². The molecule has 1 aliphatic rings. The number of pyridine rings is 1. The number of aliphatic hydroxyl groups excluding tert-OH is 1. The second-order valence-electron chi connectivity index (χ2n) is 7.20. The van der Waals surface area contributed by atoms with E-state index in [9.17, 15) is 0 Å². The molecule has 3 aromatic rings. The average molecular weight is 413 g/mol. The standard InChI is InChI=1S/C23H28N4O.ClH/c1-2-26-12-14-27(15-13-26)23-21-6-4-3-5-19(21)17-22(25-23)18-7-9-20(10-8-18)24-11-16-28;/h3-10,17,24,28H,2,11-16H2,1H3;1H. The number of rotatable bonds is 6. The van der Waals surface area contributed by atoms with Crippen LogP contribution in [-0.2, 0) is 0 Å². The maximum atomic E-state index is 8.97. The lowest BCUT2D eigenvalue weighted by molar-refractivity contribution is 0.271. The molecule has 0 atom stereocenters. The lowest BCUT2D eigenvalue weighted by Crippen LogP contribution is -2.46. The summed E-state index contributed by atoms with van der Waals surface area (Å²) < 4.78 is 0. The first kappa shape index (κ1) is 21.4. The van der Waals surface area contributed by atoms with Crippen LogP contribution in [0.5, 0.6) is 0 Å². The smallest absolute Gasteiger partial charge is 0.137 e. The van der Waals surface area contributed by atoms with E-state index in [-0.39, 0.29) is 19.0 Å². The van der Waals surface area contributed by atoms with Gasteiger partial charge in [0.15, 0.2) is 0 Å². The van der Waals surface area contributed by atoms with E-state index in [2.05, 4.69) is 64.5 Å². The predicted octanol–water partition coefficient (Wildman–Crippen LogP) is 3.87. The minimum Gasteiger partial charge on any atom is -0.395 e. The predicted molar refractivity (Wildman–Crippen MR) is 124 cm³/mol. The molecule has 0 radical (unpaired) electrons. The van der Waals surface area contributed by atoms with Crippen LogP contribution in [0, 0.1) is 0 Å². The second kappa shape index (κ2) is 9.92. The molecule has 0 aliphatic carbocycles. The van der Waals surface area contributed by atoms with Crippen molar-refractivity contribution in [3.63, 3.8) is 0 Å². The highest BCUT2D eigenvalue weighted by Crippen LogP contribution is 2.31. The lowest BCUT2D eigenvalue weighted by Gasteiger charge is -2.35. The Morgan fingerprint density at radius 1 is 1.00 bits per heavy atom. The number of hydrogen-bond donors (Lipinski definition) is 2. The van der Waals surface area contributed by atoms with Crippen molar-refractivity contribution in [1.29, 1.82) is 0 Å². The van der Waals surface area contributed by atoms with Gasteiger partial charge < -0.3 is 20.2 Å². The Morgan fingerprint density at radius 3 is 2.41 bits per heavy atom. The Kier molecular flexibility index (Phi) is 7.31. The summed E-state index contributed by atoms with van der Waals surface area (Å²) in [5, 5.41) is 14.6. The minimum absolute atomic E-state index is 0. The van der Waals surface area contributed by atoms with Gasteiger partial charge in [0.2, 0.25) is 0 Å². The highest BCUT2D eigenvalue weighted by Gasteiger charge is 2.19. The van der Waals surface area contributed by atoms with E-state index in [1.807, 2.05) is 12.1 Å². The fourth-order valence-corrected chi connectivity index (χ4v) is 3.80. The van der Waals surface area contributed by atoms with Gasteiger partial charge >= 0.3 is 0 Å². The number of benzene rings is 2. The largest absolute Gasteiger partial charge is 0.395 e. The van der Waals surface area contributed by atoms with Crippen molar-refractivity contribution in [2.75, 3.05) is 56.1 Å². The van der Waals surface area contributed by atoms with Crippen molar-refractivity contribution in [2.45, 2.75) is 6.92 Å². The number of aliphatic hydroxyl groups is 1. The summed E-state index contributed by atoms with van der Waals surface area (Å²) in [5.41, 5.74) is 3.11. The summed E-state index contributed by atoms with van der Waals surface area (Å²) in [7, 11) is 0. The van der Waals surface area contributed by atoms with Crippen LogP contribution in [0.1, 0.15) is 6.92 Å². The Labute approximate surface area is 178 Å². The van der Waals surface area contributed by atoms with Crippen molar-refractivity contribution in [3.05, 3.63) is 54.6 Å². The molecule has 2 heterocycles. The van der Waals surface area contributed by atoms with Gasteiger partial charge in [-0.15, -0.1) is 12.4 Å². The summed E-state index contributed by atoms with van der Waals surface area (Å²) in [4.78, 5) is 10.00. The third-order valence-electron chi connectivity index (χ3n) is 5.46. The molecular weight excluding hydrogens is 384 g/mol. The molecule has 2 N–H and O–H groups in total. The third-order valence-corrected chi connectivity index (χ3v) is 5.46. The number of nitrogens with zero attached hydrogens (tertiary/aromatic N) is 3. The zero-order chi connectivity index (χ0) is 19.3. The molecule has 1 aliphatic heterocycles. The minimum atomic E-state index is 0. The van der Waals surface area contributed by atoms with E-state index < -0.39 is 0 Å². The molecule has 1 aromatic heterocycles. The average Bonchev–Trinajstić information content (AvgIpc) is 2.77. The van der Waals surface area contributed by atoms with Crippen LogP contribution in [0.4, 0.5) is 11.5 Å². The summed E-state index contributed by atoms with van der Waals surface area (Å²) in [6.45, 7) is 8.21. The van der Waals surface area contributed by atoms with Gasteiger partial charge in [0, 0.05) is 49.4 Å². The van der Waals surface area contributed by atoms with Crippen molar-refractivity contribution in [3.8, 4) is 11.3 Å². The highest BCUT2D eigenvalue weighted by molar-refractivity contribution is 5.95. The molecule has 0 unspecified atom stereocenters. The second-order valence-corrected chi connectivity index (χ2v) is 7.20. The van der Waals surface area contributed by atoms with Crippen LogP contribution in [-0.4, -0.2) is 60.9 Å². The van der Waals surface area contributed by atoms with Gasteiger partial charge in [-0.05, 0) is 30.1 Å². The van der Waals surface area contributed by atoms with Crippen molar-refractivity contribution < 1.29 is 5.11 Å². The number of aromatic nitrogens is 1. The molecular formula is C23H29ClN4O. The molecule has 154 valence electrons. The van der Waals surface area contributed by atoms with Gasteiger partial charge in [0.1, 0.15) is 5.82 Å². The molecule has 5 nitrogen and oxygen atoms in total. The Morgan fingerprint density at radius 2 is 1.72 bits per heavy atom. The van der Waals surface area contributed by atoms with E-state index in [1.165, 1.54) is 10.8 Å². The first-order chi connectivity index (χ1) is 13.8. The summed E-state index contributed by atoms with van der Waals surface area (Å²) in [6, 6.07) is 19.0. The molecule has 6 heteroatoms. The van der Waals surface area contributed by atoms with E-state index in [1.54, 1.807) is 0 Å². The van der Waals surface area contributed by atoms with Gasteiger partial charge in [-0.2, -0.15) is 0 Å². The number of nitrogens with one attached hydrogen (secondary N) is 1. The number of anilines is 2. The molecule has 29 heavy (non-hydrogen) atoms. The SMILES string of the molecule is CCN1CCN(c2nc(-c3ccc(NCCO)cc3)cc3ccccc23)CC1.Cl. The van der Waals surface area contributed by atoms with Crippen LogP contribution in [0.15, 0.2) is 54.6 Å². The number of hydrogen-bond acceptors (Lipinski definition) is 5. The number of piperazine rings is 1. The van der Waals surface area contributed by atoms with E-state index in [0.29, 0.717) is 6.54 Å². The first-order valence-electron chi connectivity index (χ1n) is 10.1. The number of halogens is 1. The molecule has 2 aromatic carbocycles. The zero-order valence-corrected chi connectivity index (χ0v) is 17.7. The molecule has 0 amide bonds. The van der Waals surface area contributed by atoms with E-state index in [4.69, 9.17) is 10.1 Å². The van der Waals surface area contributed by atoms with Crippen LogP contribution in [0.25, 0.3) is 22.0 Å². The molecule has 1 saturated heterocycles. The van der Waals surface area contributed by atoms with Gasteiger partial charge in [0.05, 0.1) is 12.3 Å². The van der Waals surface area contributed by atoms with Gasteiger partial charge in [-0.25, -0.2) is 4.98 Å². The van der Waals surface area contributed by atoms with Crippen molar-refractivity contribution >= 4 is 34.7 Å². The van der Waals surface area contributed by atoms with Gasteiger partial charge in [0.25, 0.3) is 0 Å². The van der Waals surface area contributed by atoms with Crippen molar-refractivity contribution in [1.82, 2.24) is 9.88 Å². The van der Waals surface area contributed by atoms with E-state index >= 15 is 0 Å². The number of fused-ring (bicyclic) bond motifs is 1. The third kappa shape index (κ3) is 4.81. The highest BCUT2D eigenvalue weighted by atomic mass is 35.5. The van der Waals surface area contributed by atoms with Crippen molar-refractivity contribution in [2.24, 2.45) is 0 Å². The number of likely N-dealkylation sites (N-methyl/N-ethyl adjacent to an activating group) is 1. The van der Waals surface area contributed by atoms with Gasteiger partial charge in [-0.1, -0.05) is 43.3 Å². The van der Waals surface area contributed by atoms with Gasteiger partial charge in [-0.3, -0.25) is 0 Å². The summed E-state index contributed by atoms with van der Waals surface area (Å²) in [6.07, 6.45) is 0. The molecule has 0 saturated carbocycles. The molecule has 4 rings (SSSR count). The molecule has 1 fully saturated rings. The summed E-state index contributed by atoms with van der Waals surface area (Å²) in [5.74, 6) is 1.09. The Hall–Kier alpha value is -2.34. The monoisotopic (exact) mass is 412 g/mol. The fourth-order valence-electron chi connectivity index (χ4n) is 3.80. The maximum absolute atomic E-state index is 8.97. The molecule has 0 bridgehead atoms. The topological polar surface area (TPSA) is 51.6 Å². The van der Waals surface area contributed by atoms with Crippen LogP contribution < -0.4 is 10.2 Å².